The Morgan fingerprint density at radius 2 is 1.87 bits per heavy atom. The molecule has 0 aliphatic heterocycles. The molecular formula is C11H12ClN3. The molecule has 0 N–H and O–H groups in total. The highest BCUT2D eigenvalue weighted by Crippen LogP contribution is 2.21. The van der Waals surface area contributed by atoms with Gasteiger partial charge < -0.3 is 0 Å². The molecule has 0 fully saturated rings. The molecule has 0 spiro atoms. The predicted molar refractivity (Wildman–Crippen MR) is 60.6 cm³/mol. The van der Waals surface area contributed by atoms with E-state index in [-0.39, 0.29) is 0 Å². The lowest BCUT2D eigenvalue weighted by Crippen LogP contribution is -2.00. The Hall–Kier alpha value is -1.35. The maximum absolute atomic E-state index is 5.99. The zero-order valence-electron chi connectivity index (χ0n) is 8.95. The summed E-state index contributed by atoms with van der Waals surface area (Å²) in [5, 5.41) is 8.19. The zero-order valence-corrected chi connectivity index (χ0v) is 9.71. The Balaban J connectivity index is 2.68. The molecule has 78 valence electrons. The fourth-order valence-corrected chi connectivity index (χ4v) is 1.82. The lowest BCUT2D eigenvalue weighted by atomic mass is 10.1. The third kappa shape index (κ3) is 1.75. The number of hydrogen-bond acceptors (Lipinski definition) is 2. The molecule has 0 aliphatic rings. The van der Waals surface area contributed by atoms with Crippen LogP contribution in [-0.2, 0) is 0 Å². The van der Waals surface area contributed by atoms with Gasteiger partial charge in [-0.2, -0.15) is 0 Å². The van der Waals surface area contributed by atoms with E-state index in [1.165, 1.54) is 5.56 Å². The van der Waals surface area contributed by atoms with Gasteiger partial charge in [-0.25, -0.2) is 0 Å². The molecule has 3 nitrogen and oxygen atoms in total. The molecule has 0 saturated heterocycles. The van der Waals surface area contributed by atoms with Crippen LogP contribution in [0.1, 0.15) is 17.0 Å². The lowest BCUT2D eigenvalue weighted by molar-refractivity contribution is 0.959. The minimum absolute atomic E-state index is 0.404. The van der Waals surface area contributed by atoms with Crippen molar-refractivity contribution in [3.63, 3.8) is 0 Å². The van der Waals surface area contributed by atoms with Crippen molar-refractivity contribution in [2.45, 2.75) is 20.8 Å². The smallest absolute Gasteiger partial charge is 0.229 e. The number of halogens is 1. The second-order valence-electron chi connectivity index (χ2n) is 3.64. The Bertz CT molecular complexity index is 483. The average molecular weight is 222 g/mol. The number of hydrogen-bond donors (Lipinski definition) is 0. The second kappa shape index (κ2) is 3.66. The topological polar surface area (TPSA) is 30.7 Å². The van der Waals surface area contributed by atoms with Crippen LogP contribution in [0.15, 0.2) is 18.2 Å². The molecule has 1 aromatic carbocycles. The van der Waals surface area contributed by atoms with Gasteiger partial charge in [0.25, 0.3) is 0 Å². The third-order valence-corrected chi connectivity index (χ3v) is 2.64. The summed E-state index contributed by atoms with van der Waals surface area (Å²) in [4.78, 5) is 0. The zero-order chi connectivity index (χ0) is 11.0. The van der Waals surface area contributed by atoms with Crippen molar-refractivity contribution in [2.75, 3.05) is 0 Å². The summed E-state index contributed by atoms with van der Waals surface area (Å²) in [7, 11) is 0. The van der Waals surface area contributed by atoms with Crippen LogP contribution in [0.4, 0.5) is 0 Å². The van der Waals surface area contributed by atoms with Gasteiger partial charge in [0.05, 0.1) is 5.69 Å². The lowest BCUT2D eigenvalue weighted by Gasteiger charge is -2.09. The molecule has 0 unspecified atom stereocenters. The van der Waals surface area contributed by atoms with E-state index in [0.717, 1.165) is 17.1 Å². The summed E-state index contributed by atoms with van der Waals surface area (Å²) in [6, 6.07) is 6.23. The van der Waals surface area contributed by atoms with Gasteiger partial charge in [0.15, 0.2) is 0 Å². The summed E-state index contributed by atoms with van der Waals surface area (Å²) < 4.78 is 1.85. The number of nitrogens with zero attached hydrogens (tertiary/aromatic N) is 3. The molecule has 2 aromatic rings. The van der Waals surface area contributed by atoms with Crippen molar-refractivity contribution in [3.8, 4) is 5.69 Å². The maximum Gasteiger partial charge on any atom is 0.229 e. The highest BCUT2D eigenvalue weighted by molar-refractivity contribution is 6.28. The van der Waals surface area contributed by atoms with E-state index in [9.17, 15) is 0 Å². The summed E-state index contributed by atoms with van der Waals surface area (Å²) in [6.07, 6.45) is 0. The summed E-state index contributed by atoms with van der Waals surface area (Å²) in [5.74, 6) is 0.800. The van der Waals surface area contributed by atoms with E-state index < -0.39 is 0 Å². The van der Waals surface area contributed by atoms with Crippen molar-refractivity contribution in [3.05, 3.63) is 40.4 Å². The SMILES string of the molecule is Cc1ccc(C)c(-n2c(C)nnc2Cl)c1. The van der Waals surface area contributed by atoms with Crippen LogP contribution in [0, 0.1) is 20.8 Å². The molecule has 0 radical (unpaired) electrons. The van der Waals surface area contributed by atoms with E-state index in [0.29, 0.717) is 5.28 Å². The molecule has 0 atom stereocenters. The summed E-state index contributed by atoms with van der Waals surface area (Å²) in [5.41, 5.74) is 3.40. The Kier molecular flexibility index (Phi) is 2.49. The van der Waals surface area contributed by atoms with Gasteiger partial charge in [-0.3, -0.25) is 4.57 Å². The molecular weight excluding hydrogens is 210 g/mol. The third-order valence-electron chi connectivity index (χ3n) is 2.39. The van der Waals surface area contributed by atoms with Gasteiger partial charge in [-0.15, -0.1) is 10.2 Å². The molecule has 0 bridgehead atoms. The minimum Gasteiger partial charge on any atom is -0.270 e. The maximum atomic E-state index is 5.99. The normalized spacial score (nSPS) is 10.7. The molecule has 1 aromatic heterocycles. The quantitative estimate of drug-likeness (QED) is 0.742. The summed E-state index contributed by atoms with van der Waals surface area (Å²) in [6.45, 7) is 5.99. The van der Waals surface area contributed by atoms with Gasteiger partial charge in [-0.1, -0.05) is 12.1 Å². The van der Waals surface area contributed by atoms with Crippen molar-refractivity contribution in [1.82, 2.24) is 14.8 Å². The van der Waals surface area contributed by atoms with Gasteiger partial charge >= 0.3 is 0 Å². The fourth-order valence-electron chi connectivity index (χ4n) is 1.57. The molecule has 0 aliphatic carbocycles. The van der Waals surface area contributed by atoms with Crippen molar-refractivity contribution in [2.24, 2.45) is 0 Å². The van der Waals surface area contributed by atoms with Gasteiger partial charge in [0.1, 0.15) is 5.82 Å². The largest absolute Gasteiger partial charge is 0.270 e. The average Bonchev–Trinajstić information content (AvgIpc) is 2.51. The highest BCUT2D eigenvalue weighted by Gasteiger charge is 2.10. The minimum atomic E-state index is 0.404. The first-order chi connectivity index (χ1) is 7.09. The first-order valence-electron chi connectivity index (χ1n) is 4.75. The Labute approximate surface area is 93.7 Å². The van der Waals surface area contributed by atoms with E-state index in [1.54, 1.807) is 0 Å². The number of aryl methyl sites for hydroxylation is 3. The highest BCUT2D eigenvalue weighted by atomic mass is 35.5. The van der Waals surface area contributed by atoms with Gasteiger partial charge in [0, 0.05) is 0 Å². The van der Waals surface area contributed by atoms with Crippen LogP contribution in [0.2, 0.25) is 5.28 Å². The van der Waals surface area contributed by atoms with Crippen LogP contribution >= 0.6 is 11.6 Å². The van der Waals surface area contributed by atoms with Crippen molar-refractivity contribution < 1.29 is 0 Å². The Morgan fingerprint density at radius 1 is 1.13 bits per heavy atom. The predicted octanol–water partition coefficient (Wildman–Crippen LogP) is 2.85. The molecule has 0 amide bonds. The summed E-state index contributed by atoms with van der Waals surface area (Å²) >= 11 is 5.99. The van der Waals surface area contributed by atoms with Crippen LogP contribution in [0.25, 0.3) is 5.69 Å². The number of rotatable bonds is 1. The molecule has 2 rings (SSSR count). The second-order valence-corrected chi connectivity index (χ2v) is 3.98. The number of aromatic nitrogens is 3. The van der Waals surface area contributed by atoms with E-state index in [4.69, 9.17) is 11.6 Å². The molecule has 4 heteroatoms. The molecule has 1 heterocycles. The first-order valence-corrected chi connectivity index (χ1v) is 5.12. The van der Waals surface area contributed by atoms with Crippen molar-refractivity contribution >= 4 is 11.6 Å². The van der Waals surface area contributed by atoms with Crippen LogP contribution in [0.3, 0.4) is 0 Å². The Morgan fingerprint density at radius 3 is 2.47 bits per heavy atom. The molecule has 15 heavy (non-hydrogen) atoms. The van der Waals surface area contributed by atoms with Gasteiger partial charge in [0.2, 0.25) is 5.28 Å². The van der Waals surface area contributed by atoms with Crippen LogP contribution in [-0.4, -0.2) is 14.8 Å². The van der Waals surface area contributed by atoms with Crippen molar-refractivity contribution in [1.29, 1.82) is 0 Å². The monoisotopic (exact) mass is 221 g/mol. The van der Waals surface area contributed by atoms with E-state index in [1.807, 2.05) is 18.4 Å². The standard InChI is InChI=1S/C11H12ClN3/c1-7-4-5-8(2)10(6-7)15-9(3)13-14-11(15)12/h4-6H,1-3H3. The van der Waals surface area contributed by atoms with E-state index in [2.05, 4.69) is 35.3 Å². The fraction of sp³-hybridized carbons (Fsp3) is 0.273. The number of benzene rings is 1. The first kappa shape index (κ1) is 10.2. The van der Waals surface area contributed by atoms with Gasteiger partial charge in [-0.05, 0) is 49.6 Å². The molecule has 0 saturated carbocycles. The van der Waals surface area contributed by atoms with Crippen LogP contribution in [0.5, 0.6) is 0 Å². The van der Waals surface area contributed by atoms with E-state index >= 15 is 0 Å². The van der Waals surface area contributed by atoms with Crippen LogP contribution < -0.4 is 0 Å².